The van der Waals surface area contributed by atoms with Crippen molar-refractivity contribution in [3.8, 4) is 0 Å². The van der Waals surface area contributed by atoms with Crippen molar-refractivity contribution in [2.24, 2.45) is 0 Å². The van der Waals surface area contributed by atoms with Gasteiger partial charge in [-0.1, -0.05) is 13.8 Å². The first-order valence-electron chi connectivity index (χ1n) is 4.18. The van der Waals surface area contributed by atoms with Crippen LogP contribution in [0.2, 0.25) is 0 Å². The van der Waals surface area contributed by atoms with Gasteiger partial charge >= 0.3 is 0 Å². The van der Waals surface area contributed by atoms with Crippen molar-refractivity contribution in [2.75, 3.05) is 13.1 Å². The molecule has 0 saturated carbocycles. The number of rotatable bonds is 0. The predicted molar refractivity (Wildman–Crippen MR) is 43.4 cm³/mol. The summed E-state index contributed by atoms with van der Waals surface area (Å²) in [6.07, 6.45) is -0.0829. The first-order chi connectivity index (χ1) is 5.30. The maximum Gasteiger partial charge on any atom is 0.170 e. The summed E-state index contributed by atoms with van der Waals surface area (Å²) in [7, 11) is 0. The van der Waals surface area contributed by atoms with Crippen LogP contribution in [0, 0.1) is 0 Å². The van der Waals surface area contributed by atoms with E-state index in [2.05, 4.69) is 5.32 Å². The van der Waals surface area contributed by atoms with Crippen LogP contribution >= 0.6 is 0 Å². The van der Waals surface area contributed by atoms with Gasteiger partial charge in [-0.25, -0.2) is 4.39 Å². The van der Waals surface area contributed by atoms with Crippen molar-refractivity contribution >= 4 is 5.78 Å². The third-order valence-corrected chi connectivity index (χ3v) is 1.45. The molecule has 1 aliphatic rings. The molecule has 1 N–H and O–H groups in total. The van der Waals surface area contributed by atoms with E-state index < -0.39 is 6.17 Å². The molecule has 1 aliphatic heterocycles. The van der Waals surface area contributed by atoms with Gasteiger partial charge < -0.3 is 5.32 Å². The lowest BCUT2D eigenvalue weighted by Gasteiger charge is -1.99. The average molecular weight is 161 g/mol. The van der Waals surface area contributed by atoms with Crippen LogP contribution < -0.4 is 5.32 Å². The number of ketones is 1. The summed E-state index contributed by atoms with van der Waals surface area (Å²) < 4.78 is 12.4. The average Bonchev–Trinajstić information content (AvgIpc) is 2.22. The smallest absolute Gasteiger partial charge is 0.170 e. The minimum Gasteiger partial charge on any atom is -0.313 e. The molecule has 0 aromatic rings. The second-order valence-electron chi connectivity index (χ2n) is 2.24. The normalized spacial score (nSPS) is 25.0. The summed E-state index contributed by atoms with van der Waals surface area (Å²) in [6, 6.07) is 0. The molecule has 0 amide bonds. The van der Waals surface area contributed by atoms with Gasteiger partial charge in [-0.05, 0) is 13.0 Å². The largest absolute Gasteiger partial charge is 0.313 e. The van der Waals surface area contributed by atoms with Crippen LogP contribution in [0.3, 0.4) is 0 Å². The SMILES string of the molecule is CC.O=C1CCCNCC1F. The molecule has 0 aliphatic carbocycles. The van der Waals surface area contributed by atoms with Gasteiger partial charge in [-0.2, -0.15) is 0 Å². The lowest BCUT2D eigenvalue weighted by atomic mass is 10.2. The maximum atomic E-state index is 12.4. The quantitative estimate of drug-likeness (QED) is 0.580. The highest BCUT2D eigenvalue weighted by Crippen LogP contribution is 2.02. The third-order valence-electron chi connectivity index (χ3n) is 1.45. The molecule has 0 aromatic carbocycles. The van der Waals surface area contributed by atoms with E-state index in [9.17, 15) is 9.18 Å². The molecule has 3 heteroatoms. The van der Waals surface area contributed by atoms with E-state index in [1.807, 2.05) is 13.8 Å². The van der Waals surface area contributed by atoms with Crippen LogP contribution in [0.1, 0.15) is 26.7 Å². The number of carbonyl (C=O) groups excluding carboxylic acids is 1. The fraction of sp³-hybridized carbons (Fsp3) is 0.875. The van der Waals surface area contributed by atoms with Crippen LogP contribution in [0.5, 0.6) is 0 Å². The molecule has 0 bridgehead atoms. The first kappa shape index (κ1) is 10.6. The zero-order chi connectivity index (χ0) is 8.69. The van der Waals surface area contributed by atoms with Gasteiger partial charge in [0.05, 0.1) is 0 Å². The molecular weight excluding hydrogens is 145 g/mol. The van der Waals surface area contributed by atoms with Crippen LogP contribution in [0.25, 0.3) is 0 Å². The van der Waals surface area contributed by atoms with Gasteiger partial charge in [-0.3, -0.25) is 4.79 Å². The van der Waals surface area contributed by atoms with E-state index in [1.54, 1.807) is 0 Å². The molecular formula is C8H16FNO. The number of alkyl halides is 1. The Hall–Kier alpha value is -0.440. The Morgan fingerprint density at radius 2 is 2.18 bits per heavy atom. The summed E-state index contributed by atoms with van der Waals surface area (Å²) in [5.41, 5.74) is 0. The van der Waals surface area contributed by atoms with E-state index in [1.165, 1.54) is 0 Å². The lowest BCUT2D eigenvalue weighted by molar-refractivity contribution is -0.123. The summed E-state index contributed by atoms with van der Waals surface area (Å²) in [4.78, 5) is 10.6. The Morgan fingerprint density at radius 1 is 1.55 bits per heavy atom. The van der Waals surface area contributed by atoms with Crippen LogP contribution in [0.15, 0.2) is 0 Å². The van der Waals surface area contributed by atoms with Crippen molar-refractivity contribution in [1.82, 2.24) is 5.32 Å². The van der Waals surface area contributed by atoms with E-state index in [0.717, 1.165) is 13.0 Å². The molecule has 1 heterocycles. The zero-order valence-corrected chi connectivity index (χ0v) is 7.19. The fourth-order valence-corrected chi connectivity index (χ4v) is 0.887. The topological polar surface area (TPSA) is 29.1 Å². The van der Waals surface area contributed by atoms with Crippen LogP contribution in [0.4, 0.5) is 4.39 Å². The highest BCUT2D eigenvalue weighted by atomic mass is 19.1. The molecule has 0 aromatic heterocycles. The van der Waals surface area contributed by atoms with Crippen molar-refractivity contribution in [3.05, 3.63) is 0 Å². The van der Waals surface area contributed by atoms with Crippen LogP contribution in [-0.2, 0) is 4.79 Å². The Morgan fingerprint density at radius 3 is 2.82 bits per heavy atom. The van der Waals surface area contributed by atoms with E-state index in [0.29, 0.717) is 6.42 Å². The zero-order valence-electron chi connectivity index (χ0n) is 7.19. The van der Waals surface area contributed by atoms with E-state index in [-0.39, 0.29) is 12.3 Å². The minimum absolute atomic E-state index is 0.207. The molecule has 11 heavy (non-hydrogen) atoms. The molecule has 1 saturated heterocycles. The molecule has 1 atom stereocenters. The van der Waals surface area contributed by atoms with Gasteiger partial charge in [0.25, 0.3) is 0 Å². The molecule has 1 unspecified atom stereocenters. The molecule has 1 rings (SSSR count). The van der Waals surface area contributed by atoms with Crippen LogP contribution in [-0.4, -0.2) is 25.0 Å². The lowest BCUT2D eigenvalue weighted by Crippen LogP contribution is -2.25. The fourth-order valence-electron chi connectivity index (χ4n) is 0.887. The van der Waals surface area contributed by atoms with Crippen molar-refractivity contribution in [1.29, 1.82) is 0 Å². The Balaban J connectivity index is 0.000000461. The van der Waals surface area contributed by atoms with Gasteiger partial charge in [0, 0.05) is 13.0 Å². The van der Waals surface area contributed by atoms with E-state index in [4.69, 9.17) is 0 Å². The highest BCUT2D eigenvalue weighted by Gasteiger charge is 2.18. The second kappa shape index (κ2) is 6.28. The highest BCUT2D eigenvalue weighted by molar-refractivity contribution is 5.83. The van der Waals surface area contributed by atoms with E-state index >= 15 is 0 Å². The minimum atomic E-state index is -1.26. The van der Waals surface area contributed by atoms with Crippen molar-refractivity contribution in [3.63, 3.8) is 0 Å². The number of nitrogens with one attached hydrogen (secondary N) is 1. The second-order valence-corrected chi connectivity index (χ2v) is 2.24. The standard InChI is InChI=1S/C6H10FNO.C2H6/c7-5-4-8-3-1-2-6(5)9;1-2/h5,8H,1-4H2;1-2H3. The summed E-state index contributed by atoms with van der Waals surface area (Å²) in [5.74, 6) is -0.250. The van der Waals surface area contributed by atoms with Crippen molar-refractivity contribution < 1.29 is 9.18 Å². The number of hydrogen-bond donors (Lipinski definition) is 1. The molecule has 2 nitrogen and oxygen atoms in total. The Kier molecular flexibility index (Phi) is 6.03. The number of halogens is 1. The third kappa shape index (κ3) is 4.09. The van der Waals surface area contributed by atoms with Gasteiger partial charge in [0.2, 0.25) is 0 Å². The maximum absolute atomic E-state index is 12.4. The summed E-state index contributed by atoms with van der Waals surface area (Å²) in [6.45, 7) is 4.98. The predicted octanol–water partition coefficient (Wildman–Crippen LogP) is 1.30. The first-order valence-corrected chi connectivity index (χ1v) is 4.18. The van der Waals surface area contributed by atoms with Gasteiger partial charge in [0.15, 0.2) is 12.0 Å². The molecule has 0 radical (unpaired) electrons. The number of Topliss-reactive ketones (excluding diaryl/α,β-unsaturated/α-hetero) is 1. The Labute approximate surface area is 67.2 Å². The van der Waals surface area contributed by atoms with Gasteiger partial charge in [0.1, 0.15) is 0 Å². The molecule has 0 spiro atoms. The number of hydrogen-bond acceptors (Lipinski definition) is 2. The van der Waals surface area contributed by atoms with Crippen molar-refractivity contribution in [2.45, 2.75) is 32.9 Å². The number of carbonyl (C=O) groups is 1. The van der Waals surface area contributed by atoms with Gasteiger partial charge in [-0.15, -0.1) is 0 Å². The molecule has 1 fully saturated rings. The summed E-state index contributed by atoms with van der Waals surface area (Å²) >= 11 is 0. The Bertz CT molecular complexity index is 117. The monoisotopic (exact) mass is 161 g/mol. The molecule has 66 valence electrons. The summed E-state index contributed by atoms with van der Waals surface area (Å²) in [5, 5.41) is 2.83.